The van der Waals surface area contributed by atoms with Crippen molar-refractivity contribution in [2.24, 2.45) is 5.92 Å². The van der Waals surface area contributed by atoms with Gasteiger partial charge >= 0.3 is 6.18 Å². The monoisotopic (exact) mass is 305 g/mol. The number of halogens is 3. The Morgan fingerprint density at radius 2 is 1.91 bits per heavy atom. The second-order valence-electron chi connectivity index (χ2n) is 5.31. The van der Waals surface area contributed by atoms with Gasteiger partial charge in [0.2, 0.25) is 0 Å². The van der Waals surface area contributed by atoms with E-state index in [9.17, 15) is 13.2 Å². The minimum absolute atomic E-state index is 0.00621. The molecule has 2 atom stereocenters. The average Bonchev–Trinajstić information content (AvgIpc) is 2.96. The highest BCUT2D eigenvalue weighted by molar-refractivity contribution is 5.63. The summed E-state index contributed by atoms with van der Waals surface area (Å²) in [4.78, 5) is 0. The predicted octanol–water partition coefficient (Wildman–Crippen LogP) is 4.34. The summed E-state index contributed by atoms with van der Waals surface area (Å²) in [6.07, 6.45) is 3.51. The van der Waals surface area contributed by atoms with E-state index in [0.29, 0.717) is 17.0 Å². The molecule has 2 aromatic rings. The Bertz CT molecular complexity index is 728. The lowest BCUT2D eigenvalue weighted by molar-refractivity contribution is -0.137. The van der Waals surface area contributed by atoms with Gasteiger partial charge in [-0.15, -0.1) is 5.10 Å². The van der Waals surface area contributed by atoms with E-state index in [2.05, 4.69) is 15.4 Å². The summed E-state index contributed by atoms with van der Waals surface area (Å²) in [7, 11) is 0. The number of alkyl halides is 3. The zero-order valence-electron chi connectivity index (χ0n) is 11.8. The Balaban J connectivity index is 2.02. The van der Waals surface area contributed by atoms with Crippen molar-refractivity contribution in [3.8, 4) is 11.3 Å². The first-order valence-electron chi connectivity index (χ1n) is 6.90. The number of aromatic amines is 1. The predicted molar refractivity (Wildman–Crippen MR) is 77.0 cm³/mol. The van der Waals surface area contributed by atoms with E-state index in [1.54, 1.807) is 6.07 Å². The Hall–Kier alpha value is -2.37. The van der Waals surface area contributed by atoms with E-state index in [-0.39, 0.29) is 11.8 Å². The van der Waals surface area contributed by atoms with Crippen molar-refractivity contribution in [1.82, 2.24) is 15.4 Å². The van der Waals surface area contributed by atoms with Gasteiger partial charge in [0.05, 0.1) is 17.0 Å². The Morgan fingerprint density at radius 1 is 1.14 bits per heavy atom. The van der Waals surface area contributed by atoms with E-state index in [1.165, 1.54) is 6.07 Å². The number of H-pyrrole nitrogens is 1. The van der Waals surface area contributed by atoms with Gasteiger partial charge in [-0.25, -0.2) is 0 Å². The molecule has 3 rings (SSSR count). The highest BCUT2D eigenvalue weighted by atomic mass is 19.4. The SMILES string of the molecule is CC1C=CC=CC1c1nn[nH]c1-c1cccc(C(F)(F)F)c1. The van der Waals surface area contributed by atoms with Gasteiger partial charge in [-0.05, 0) is 18.1 Å². The van der Waals surface area contributed by atoms with E-state index in [4.69, 9.17) is 0 Å². The summed E-state index contributed by atoms with van der Waals surface area (Å²) in [5.41, 5.74) is 0.943. The van der Waals surface area contributed by atoms with Crippen LogP contribution in [0.1, 0.15) is 24.1 Å². The number of hydrogen-bond donors (Lipinski definition) is 1. The van der Waals surface area contributed by atoms with E-state index >= 15 is 0 Å². The van der Waals surface area contributed by atoms with Gasteiger partial charge in [0, 0.05) is 11.5 Å². The second-order valence-corrected chi connectivity index (χ2v) is 5.31. The third kappa shape index (κ3) is 2.68. The van der Waals surface area contributed by atoms with Crippen molar-refractivity contribution in [2.75, 3.05) is 0 Å². The third-order valence-electron chi connectivity index (χ3n) is 3.78. The molecule has 6 heteroatoms. The van der Waals surface area contributed by atoms with Crippen molar-refractivity contribution in [1.29, 1.82) is 0 Å². The van der Waals surface area contributed by atoms with Crippen molar-refractivity contribution in [3.05, 3.63) is 59.8 Å². The zero-order chi connectivity index (χ0) is 15.7. The molecule has 0 saturated heterocycles. The second kappa shape index (κ2) is 5.44. The standard InChI is InChI=1S/C16H14F3N3/c1-10-5-2-3-8-13(10)15-14(20-22-21-15)11-6-4-7-12(9-11)16(17,18)19/h2-10,13H,1H3,(H,20,21,22). The normalized spacial score (nSPS) is 21.3. The summed E-state index contributed by atoms with van der Waals surface area (Å²) in [6.45, 7) is 2.04. The molecule has 0 fully saturated rings. The summed E-state index contributed by atoms with van der Waals surface area (Å²) in [5, 5.41) is 10.6. The first-order valence-corrected chi connectivity index (χ1v) is 6.90. The highest BCUT2D eigenvalue weighted by Crippen LogP contribution is 2.36. The molecule has 22 heavy (non-hydrogen) atoms. The van der Waals surface area contributed by atoms with Crippen LogP contribution in [0.3, 0.4) is 0 Å². The molecule has 1 aliphatic rings. The van der Waals surface area contributed by atoms with Gasteiger partial charge in [-0.2, -0.15) is 13.2 Å². The van der Waals surface area contributed by atoms with Crippen LogP contribution >= 0.6 is 0 Å². The highest BCUT2D eigenvalue weighted by Gasteiger charge is 2.31. The van der Waals surface area contributed by atoms with Crippen molar-refractivity contribution in [2.45, 2.75) is 19.0 Å². The topological polar surface area (TPSA) is 41.6 Å². The maximum Gasteiger partial charge on any atom is 0.416 e. The molecule has 2 unspecified atom stereocenters. The van der Waals surface area contributed by atoms with Crippen LogP contribution in [0.15, 0.2) is 48.6 Å². The number of aromatic nitrogens is 3. The van der Waals surface area contributed by atoms with Gasteiger partial charge in [0.25, 0.3) is 0 Å². The summed E-state index contributed by atoms with van der Waals surface area (Å²) in [6, 6.07) is 5.19. The van der Waals surface area contributed by atoms with E-state index in [1.807, 2.05) is 31.2 Å². The molecule has 0 bridgehead atoms. The first-order chi connectivity index (χ1) is 10.5. The molecule has 0 aliphatic heterocycles. The summed E-state index contributed by atoms with van der Waals surface area (Å²) < 4.78 is 38.6. The van der Waals surface area contributed by atoms with Crippen molar-refractivity contribution >= 4 is 0 Å². The zero-order valence-corrected chi connectivity index (χ0v) is 11.8. The molecule has 1 aromatic heterocycles. The molecule has 1 heterocycles. The molecule has 1 aromatic carbocycles. The summed E-state index contributed by atoms with van der Waals surface area (Å²) >= 11 is 0. The fraction of sp³-hybridized carbons (Fsp3) is 0.250. The van der Waals surface area contributed by atoms with Crippen molar-refractivity contribution in [3.63, 3.8) is 0 Å². The third-order valence-corrected chi connectivity index (χ3v) is 3.78. The van der Waals surface area contributed by atoms with E-state index in [0.717, 1.165) is 12.1 Å². The Labute approximate surface area is 125 Å². The van der Waals surface area contributed by atoms with Crippen LogP contribution in [-0.2, 0) is 6.18 Å². The molecule has 0 radical (unpaired) electrons. The average molecular weight is 305 g/mol. The van der Waals surface area contributed by atoms with Crippen LogP contribution in [-0.4, -0.2) is 15.4 Å². The quantitative estimate of drug-likeness (QED) is 0.897. The fourth-order valence-electron chi connectivity index (χ4n) is 2.59. The number of nitrogens with zero attached hydrogens (tertiary/aromatic N) is 2. The lowest BCUT2D eigenvalue weighted by Crippen LogP contribution is -2.09. The van der Waals surface area contributed by atoms with Crippen LogP contribution in [0.2, 0.25) is 0 Å². The van der Waals surface area contributed by atoms with Gasteiger partial charge in [0.1, 0.15) is 0 Å². The maximum atomic E-state index is 12.9. The minimum Gasteiger partial charge on any atom is -0.257 e. The van der Waals surface area contributed by atoms with Crippen LogP contribution in [0.5, 0.6) is 0 Å². The number of allylic oxidation sites excluding steroid dienone is 4. The first kappa shape index (κ1) is 14.6. The number of hydrogen-bond acceptors (Lipinski definition) is 2. The van der Waals surface area contributed by atoms with Gasteiger partial charge in [0.15, 0.2) is 0 Å². The molecule has 1 N–H and O–H groups in total. The fourth-order valence-corrected chi connectivity index (χ4v) is 2.59. The smallest absolute Gasteiger partial charge is 0.257 e. The van der Waals surface area contributed by atoms with Gasteiger partial charge < -0.3 is 0 Å². The molecular weight excluding hydrogens is 291 g/mol. The molecule has 3 nitrogen and oxygen atoms in total. The number of benzene rings is 1. The minimum atomic E-state index is -4.37. The van der Waals surface area contributed by atoms with Gasteiger partial charge in [-0.1, -0.05) is 48.6 Å². The van der Waals surface area contributed by atoms with Crippen LogP contribution in [0.4, 0.5) is 13.2 Å². The maximum absolute atomic E-state index is 12.9. The van der Waals surface area contributed by atoms with Crippen LogP contribution in [0, 0.1) is 5.92 Å². The molecular formula is C16H14F3N3. The number of nitrogens with one attached hydrogen (secondary N) is 1. The summed E-state index contributed by atoms with van der Waals surface area (Å²) in [5.74, 6) is 0.202. The molecule has 0 spiro atoms. The van der Waals surface area contributed by atoms with Crippen LogP contribution in [0.25, 0.3) is 11.3 Å². The lowest BCUT2D eigenvalue weighted by atomic mass is 9.85. The van der Waals surface area contributed by atoms with Crippen LogP contribution < -0.4 is 0 Å². The number of rotatable bonds is 2. The van der Waals surface area contributed by atoms with E-state index < -0.39 is 11.7 Å². The Kier molecular flexibility index (Phi) is 3.60. The molecule has 1 aliphatic carbocycles. The van der Waals surface area contributed by atoms with Crippen molar-refractivity contribution < 1.29 is 13.2 Å². The molecule has 114 valence electrons. The largest absolute Gasteiger partial charge is 0.416 e. The molecule has 0 amide bonds. The molecule has 0 saturated carbocycles. The lowest BCUT2D eigenvalue weighted by Gasteiger charge is -2.19. The van der Waals surface area contributed by atoms with Gasteiger partial charge in [-0.3, -0.25) is 5.10 Å². The Morgan fingerprint density at radius 3 is 2.64 bits per heavy atom.